The lowest BCUT2D eigenvalue weighted by Crippen LogP contribution is -2.38. The molecule has 120 valence electrons. The number of pyridine rings is 1. The molecule has 1 heterocycles. The van der Waals surface area contributed by atoms with Crippen LogP contribution in [0.3, 0.4) is 0 Å². The number of hydrogen-bond donors (Lipinski definition) is 2. The molecule has 5 nitrogen and oxygen atoms in total. The molecule has 0 atom stereocenters. The highest BCUT2D eigenvalue weighted by atomic mass is 127. The Hall–Kier alpha value is -0.700. The van der Waals surface area contributed by atoms with E-state index in [1.807, 2.05) is 20.0 Å². The smallest absolute Gasteiger partial charge is 0.191 e. The number of ether oxygens (including phenoxy) is 1. The van der Waals surface area contributed by atoms with E-state index in [1.54, 1.807) is 25.9 Å². The number of hydrogen-bond acceptors (Lipinski definition) is 4. The van der Waals surface area contributed by atoms with E-state index in [0.29, 0.717) is 6.54 Å². The van der Waals surface area contributed by atoms with Crippen molar-refractivity contribution in [2.24, 2.45) is 4.99 Å². The molecule has 1 aromatic heterocycles. The minimum atomic E-state index is 0. The highest BCUT2D eigenvalue weighted by molar-refractivity contribution is 14.0. The molecule has 0 amide bonds. The Labute approximate surface area is 148 Å². The van der Waals surface area contributed by atoms with Crippen LogP contribution in [0.5, 0.6) is 5.75 Å². The predicted octanol–water partition coefficient (Wildman–Crippen LogP) is 2.35. The number of rotatable bonds is 6. The second-order valence-corrected chi connectivity index (χ2v) is 5.38. The molecule has 0 aliphatic carbocycles. The van der Waals surface area contributed by atoms with Crippen LogP contribution in [0.25, 0.3) is 0 Å². The van der Waals surface area contributed by atoms with Crippen LogP contribution >= 0.6 is 35.7 Å². The lowest BCUT2D eigenvalue weighted by atomic mass is 10.1. The van der Waals surface area contributed by atoms with Crippen molar-refractivity contribution in [1.29, 1.82) is 0 Å². The normalized spacial score (nSPS) is 10.8. The summed E-state index contributed by atoms with van der Waals surface area (Å²) in [7, 11) is 3.46. The molecule has 2 N–H and O–H groups in total. The zero-order chi connectivity index (χ0) is 15.0. The molecule has 7 heteroatoms. The van der Waals surface area contributed by atoms with Crippen LogP contribution in [0.2, 0.25) is 0 Å². The van der Waals surface area contributed by atoms with E-state index in [4.69, 9.17) is 4.74 Å². The summed E-state index contributed by atoms with van der Waals surface area (Å²) in [6.45, 7) is 5.55. The average Bonchev–Trinajstić information content (AvgIpc) is 2.45. The number of guanidine groups is 1. The molecular weight excluding hydrogens is 399 g/mol. The van der Waals surface area contributed by atoms with Gasteiger partial charge in [-0.05, 0) is 20.1 Å². The molecule has 0 aliphatic heterocycles. The third-order valence-electron chi connectivity index (χ3n) is 3.00. The SMILES string of the molecule is CN=C(NCCSC)NCc1ncc(C)c(OC)c1C.I. The topological polar surface area (TPSA) is 58.5 Å². The largest absolute Gasteiger partial charge is 0.496 e. The Bertz CT molecular complexity index is 469. The molecule has 0 aliphatic rings. The summed E-state index contributed by atoms with van der Waals surface area (Å²) in [5.41, 5.74) is 3.09. The van der Waals surface area contributed by atoms with Gasteiger partial charge in [-0.1, -0.05) is 0 Å². The van der Waals surface area contributed by atoms with Crippen molar-refractivity contribution in [3.05, 3.63) is 23.0 Å². The molecule has 1 aromatic rings. The molecular formula is C14H25IN4OS. The molecule has 0 radical (unpaired) electrons. The first-order chi connectivity index (χ1) is 9.63. The molecule has 1 rings (SSSR count). The van der Waals surface area contributed by atoms with Crippen molar-refractivity contribution < 1.29 is 4.74 Å². The van der Waals surface area contributed by atoms with E-state index in [-0.39, 0.29) is 24.0 Å². The number of nitrogens with zero attached hydrogens (tertiary/aromatic N) is 2. The number of aliphatic imine (C=N–C) groups is 1. The summed E-state index contributed by atoms with van der Waals surface area (Å²) >= 11 is 1.80. The predicted molar refractivity (Wildman–Crippen MR) is 102 cm³/mol. The third kappa shape index (κ3) is 6.29. The van der Waals surface area contributed by atoms with E-state index in [2.05, 4.69) is 26.9 Å². The standard InChI is InChI=1S/C14H24N4OS.HI/c1-10-8-17-12(11(2)13(10)19-4)9-18-14(15-3)16-6-7-20-5;/h8H,6-7,9H2,1-5H3,(H2,15,16,18);1H. The van der Waals surface area contributed by atoms with E-state index in [1.165, 1.54) is 0 Å². The van der Waals surface area contributed by atoms with Gasteiger partial charge >= 0.3 is 0 Å². The van der Waals surface area contributed by atoms with Gasteiger partial charge in [-0.2, -0.15) is 11.8 Å². The van der Waals surface area contributed by atoms with Crippen LogP contribution in [0.15, 0.2) is 11.2 Å². The quantitative estimate of drug-likeness (QED) is 0.318. The van der Waals surface area contributed by atoms with Gasteiger partial charge in [-0.25, -0.2) is 0 Å². The maximum Gasteiger partial charge on any atom is 0.191 e. The Kier molecular flexibility index (Phi) is 10.6. The van der Waals surface area contributed by atoms with Crippen molar-refractivity contribution in [3.63, 3.8) is 0 Å². The summed E-state index contributed by atoms with van der Waals surface area (Å²) in [5.74, 6) is 2.75. The van der Waals surface area contributed by atoms with Gasteiger partial charge in [0.25, 0.3) is 0 Å². The molecule has 0 fully saturated rings. The lowest BCUT2D eigenvalue weighted by Gasteiger charge is -2.15. The Morgan fingerprint density at radius 1 is 1.38 bits per heavy atom. The zero-order valence-electron chi connectivity index (χ0n) is 13.3. The van der Waals surface area contributed by atoms with E-state index < -0.39 is 0 Å². The maximum atomic E-state index is 5.41. The number of thioether (sulfide) groups is 1. The molecule has 0 saturated heterocycles. The minimum Gasteiger partial charge on any atom is -0.496 e. The van der Waals surface area contributed by atoms with Gasteiger partial charge in [-0.15, -0.1) is 24.0 Å². The van der Waals surface area contributed by atoms with Crippen molar-refractivity contribution in [2.75, 3.05) is 32.7 Å². The monoisotopic (exact) mass is 424 g/mol. The summed E-state index contributed by atoms with van der Waals surface area (Å²) < 4.78 is 5.41. The number of aromatic nitrogens is 1. The van der Waals surface area contributed by atoms with Crippen molar-refractivity contribution in [3.8, 4) is 5.75 Å². The van der Waals surface area contributed by atoms with Crippen LogP contribution in [0.4, 0.5) is 0 Å². The second-order valence-electron chi connectivity index (χ2n) is 4.39. The number of nitrogens with one attached hydrogen (secondary N) is 2. The third-order valence-corrected chi connectivity index (χ3v) is 3.61. The molecule has 21 heavy (non-hydrogen) atoms. The molecule has 0 bridgehead atoms. The summed E-state index contributed by atoms with van der Waals surface area (Å²) in [6.07, 6.45) is 3.93. The van der Waals surface area contributed by atoms with E-state index in [9.17, 15) is 0 Å². The van der Waals surface area contributed by atoms with Gasteiger partial charge in [0.05, 0.1) is 19.3 Å². The van der Waals surface area contributed by atoms with E-state index >= 15 is 0 Å². The first kappa shape index (κ1) is 20.3. The van der Waals surface area contributed by atoms with Gasteiger partial charge in [0, 0.05) is 36.7 Å². The van der Waals surface area contributed by atoms with Crippen molar-refractivity contribution >= 4 is 41.7 Å². The Morgan fingerprint density at radius 2 is 2.10 bits per heavy atom. The summed E-state index contributed by atoms with van der Waals surface area (Å²) in [5, 5.41) is 6.53. The summed E-state index contributed by atoms with van der Waals surface area (Å²) in [6, 6.07) is 0. The average molecular weight is 424 g/mol. The van der Waals surface area contributed by atoms with Crippen molar-refractivity contribution in [2.45, 2.75) is 20.4 Å². The number of halogens is 1. The lowest BCUT2D eigenvalue weighted by molar-refractivity contribution is 0.406. The number of methoxy groups -OCH3 is 1. The van der Waals surface area contributed by atoms with Gasteiger partial charge in [0.15, 0.2) is 5.96 Å². The molecule has 0 saturated carbocycles. The fourth-order valence-corrected chi connectivity index (χ4v) is 2.22. The van der Waals surface area contributed by atoms with Crippen LogP contribution in [0, 0.1) is 13.8 Å². The minimum absolute atomic E-state index is 0. The van der Waals surface area contributed by atoms with Gasteiger partial charge in [0.2, 0.25) is 0 Å². The highest BCUT2D eigenvalue weighted by Crippen LogP contribution is 2.23. The molecule has 0 aromatic carbocycles. The fraction of sp³-hybridized carbons (Fsp3) is 0.571. The molecule has 0 spiro atoms. The molecule has 0 unspecified atom stereocenters. The first-order valence-electron chi connectivity index (χ1n) is 6.56. The number of aryl methyl sites for hydroxylation is 1. The maximum absolute atomic E-state index is 5.41. The van der Waals surface area contributed by atoms with Crippen LogP contribution in [0.1, 0.15) is 16.8 Å². The van der Waals surface area contributed by atoms with Crippen LogP contribution < -0.4 is 15.4 Å². The second kappa shape index (κ2) is 10.9. The van der Waals surface area contributed by atoms with Gasteiger partial charge < -0.3 is 15.4 Å². The van der Waals surface area contributed by atoms with Gasteiger partial charge in [-0.3, -0.25) is 9.98 Å². The summed E-state index contributed by atoms with van der Waals surface area (Å²) in [4.78, 5) is 8.65. The fourth-order valence-electron chi connectivity index (χ4n) is 1.91. The zero-order valence-corrected chi connectivity index (χ0v) is 16.5. The van der Waals surface area contributed by atoms with Crippen LogP contribution in [-0.2, 0) is 6.54 Å². The van der Waals surface area contributed by atoms with Crippen molar-refractivity contribution in [1.82, 2.24) is 15.6 Å². The van der Waals surface area contributed by atoms with E-state index in [0.717, 1.165) is 40.8 Å². The Morgan fingerprint density at radius 3 is 2.67 bits per heavy atom. The van der Waals surface area contributed by atoms with Gasteiger partial charge in [0.1, 0.15) is 5.75 Å². The van der Waals surface area contributed by atoms with Crippen LogP contribution in [-0.4, -0.2) is 43.7 Å². The highest BCUT2D eigenvalue weighted by Gasteiger charge is 2.09. The first-order valence-corrected chi connectivity index (χ1v) is 7.96. The Balaban J connectivity index is 0.00000400.